The number of hydrogen-bond acceptors (Lipinski definition) is 8. The number of carbonyl (C=O) groups is 2. The summed E-state index contributed by atoms with van der Waals surface area (Å²) < 4.78 is 34.5. The van der Waals surface area contributed by atoms with Crippen molar-refractivity contribution in [1.82, 2.24) is 0 Å². The zero-order valence-corrected chi connectivity index (χ0v) is 69.0. The van der Waals surface area contributed by atoms with Gasteiger partial charge in [-0.25, -0.2) is 0 Å². The van der Waals surface area contributed by atoms with Crippen LogP contribution < -0.4 is 4.89 Å². The molecule has 0 radical (unpaired) electrons. The van der Waals surface area contributed by atoms with E-state index >= 15 is 0 Å². The molecule has 0 saturated heterocycles. The van der Waals surface area contributed by atoms with Crippen LogP contribution >= 0.6 is 7.82 Å². The van der Waals surface area contributed by atoms with E-state index in [2.05, 4.69) is 111 Å². The highest BCUT2D eigenvalue weighted by Crippen LogP contribution is 2.38. The summed E-state index contributed by atoms with van der Waals surface area (Å²) in [7, 11) is 1.18. The van der Waals surface area contributed by atoms with E-state index in [0.717, 1.165) is 83.5 Å². The molecule has 0 spiro atoms. The first-order valence-electron chi connectivity index (χ1n) is 43.9. The van der Waals surface area contributed by atoms with Gasteiger partial charge in [0, 0.05) is 12.8 Å². The van der Waals surface area contributed by atoms with Gasteiger partial charge in [0.05, 0.1) is 27.7 Å². The predicted octanol–water partition coefficient (Wildman–Crippen LogP) is 29.1. The van der Waals surface area contributed by atoms with Crippen LogP contribution in [0.25, 0.3) is 0 Å². The molecule has 0 aromatic carbocycles. The summed E-state index contributed by atoms with van der Waals surface area (Å²) in [6.45, 7) is 4.18. The summed E-state index contributed by atoms with van der Waals surface area (Å²) in [4.78, 5) is 38.3. The second-order valence-electron chi connectivity index (χ2n) is 30.9. The summed E-state index contributed by atoms with van der Waals surface area (Å²) in [5, 5.41) is 0. The normalized spacial score (nSPS) is 13.4. The van der Waals surface area contributed by atoms with Gasteiger partial charge in [-0.3, -0.25) is 14.2 Å². The molecular weight excluding hydrogens is 1280 g/mol. The molecule has 0 amide bonds. The molecule has 0 fully saturated rings. The van der Waals surface area contributed by atoms with Crippen LogP contribution in [-0.4, -0.2) is 70.0 Å². The monoisotopic (exact) mass is 1450 g/mol. The van der Waals surface area contributed by atoms with E-state index in [4.69, 9.17) is 18.5 Å². The van der Waals surface area contributed by atoms with Gasteiger partial charge >= 0.3 is 11.9 Å². The third-order valence-electron chi connectivity index (χ3n) is 19.6. The van der Waals surface area contributed by atoms with Crippen LogP contribution in [0.1, 0.15) is 425 Å². The Morgan fingerprint density at radius 1 is 0.314 bits per heavy atom. The highest BCUT2D eigenvalue weighted by molar-refractivity contribution is 7.45. The van der Waals surface area contributed by atoms with Crippen molar-refractivity contribution in [2.75, 3.05) is 47.5 Å². The quantitative estimate of drug-likeness (QED) is 0.0195. The molecule has 2 unspecified atom stereocenters. The molecule has 0 bridgehead atoms. The molecule has 594 valence electrons. The van der Waals surface area contributed by atoms with Gasteiger partial charge in [-0.15, -0.1) is 0 Å². The fourth-order valence-corrected chi connectivity index (χ4v) is 13.7. The van der Waals surface area contributed by atoms with Crippen molar-refractivity contribution in [3.8, 4) is 0 Å². The summed E-state index contributed by atoms with van der Waals surface area (Å²) in [6.07, 6.45) is 116. The molecule has 0 aliphatic rings. The molecule has 0 N–H and O–H groups in total. The van der Waals surface area contributed by atoms with Gasteiger partial charge in [-0.2, -0.15) is 0 Å². The molecule has 0 aromatic rings. The SMILES string of the molecule is CC/C=C\C/C=C\C/C=C\C/C=C\C/C=C\C/C=C\CCCCCCCCCCCCCCCCCCCCCCC(=O)OC(COC(=O)CCCCCCCCCCCCCCCCCCCCCCCCCCCCC/C=C\C/C=C\CCCCCCC)COP(=O)([O-])OCC[N+](C)(C)C. The van der Waals surface area contributed by atoms with Crippen molar-refractivity contribution in [1.29, 1.82) is 0 Å². The molecule has 102 heavy (non-hydrogen) atoms. The molecule has 2 atom stereocenters. The number of nitrogens with zero attached hydrogens (tertiary/aromatic N) is 1. The lowest BCUT2D eigenvalue weighted by atomic mass is 10.0. The lowest BCUT2D eigenvalue weighted by Crippen LogP contribution is -2.37. The van der Waals surface area contributed by atoms with Gasteiger partial charge in [0.25, 0.3) is 7.82 Å². The Balaban J connectivity index is 3.88. The predicted molar refractivity (Wildman–Crippen MR) is 443 cm³/mol. The molecule has 0 aliphatic carbocycles. The zero-order chi connectivity index (χ0) is 74.0. The van der Waals surface area contributed by atoms with E-state index in [1.165, 1.54) is 308 Å². The van der Waals surface area contributed by atoms with Crippen molar-refractivity contribution in [3.63, 3.8) is 0 Å². The van der Waals surface area contributed by atoms with E-state index in [-0.39, 0.29) is 32.0 Å². The van der Waals surface area contributed by atoms with E-state index in [0.29, 0.717) is 17.4 Å². The van der Waals surface area contributed by atoms with Crippen molar-refractivity contribution >= 4 is 19.8 Å². The van der Waals surface area contributed by atoms with Crippen LogP contribution in [0.5, 0.6) is 0 Å². The number of hydrogen-bond donors (Lipinski definition) is 0. The Bertz CT molecular complexity index is 2050. The molecule has 9 nitrogen and oxygen atoms in total. The molecule has 0 heterocycles. The lowest BCUT2D eigenvalue weighted by Gasteiger charge is -2.28. The van der Waals surface area contributed by atoms with Crippen LogP contribution in [0.4, 0.5) is 0 Å². The topological polar surface area (TPSA) is 111 Å². The number of quaternary nitrogens is 1. The number of likely N-dealkylation sites (N-methyl/N-ethyl adjacent to an activating group) is 1. The van der Waals surface area contributed by atoms with Gasteiger partial charge in [0.1, 0.15) is 19.8 Å². The fraction of sp³-hybridized carbons (Fsp3) is 0.804. The number of rotatable bonds is 82. The van der Waals surface area contributed by atoms with Crippen LogP contribution in [0.3, 0.4) is 0 Å². The number of phosphoric ester groups is 1. The molecule has 0 aromatic heterocycles. The number of phosphoric acid groups is 1. The number of unbranched alkanes of at least 4 members (excludes halogenated alkanes) is 52. The van der Waals surface area contributed by atoms with Crippen molar-refractivity contribution < 1.29 is 42.1 Å². The number of allylic oxidation sites excluding steroid dienone is 16. The van der Waals surface area contributed by atoms with Crippen molar-refractivity contribution in [2.24, 2.45) is 0 Å². The lowest BCUT2D eigenvalue weighted by molar-refractivity contribution is -0.870. The third kappa shape index (κ3) is 85.9. The van der Waals surface area contributed by atoms with Crippen LogP contribution in [0, 0.1) is 0 Å². The average molecular weight is 1450 g/mol. The first-order valence-corrected chi connectivity index (χ1v) is 45.4. The number of carbonyl (C=O) groups excluding carboxylic acids is 2. The van der Waals surface area contributed by atoms with Gasteiger partial charge in [0.15, 0.2) is 6.10 Å². The minimum atomic E-state index is -4.65. The van der Waals surface area contributed by atoms with Crippen LogP contribution in [-0.2, 0) is 32.7 Å². The largest absolute Gasteiger partial charge is 0.756 e. The average Bonchev–Trinajstić information content (AvgIpc) is 0.914. The number of ether oxygens (including phenoxy) is 2. The summed E-state index contributed by atoms with van der Waals surface area (Å²) in [5.74, 6) is -0.811. The Morgan fingerprint density at radius 3 is 0.833 bits per heavy atom. The van der Waals surface area contributed by atoms with Crippen LogP contribution in [0.2, 0.25) is 0 Å². The molecule has 0 rings (SSSR count). The minimum absolute atomic E-state index is 0.0299. The van der Waals surface area contributed by atoms with Gasteiger partial charge < -0.3 is 27.9 Å². The molecule has 10 heteroatoms. The standard InChI is InChI=1S/C92H168NO8P/c1-6-8-10-12-14-16-18-20-22-24-26-28-30-32-34-36-38-40-42-44-46-48-50-52-54-56-58-60-62-64-66-68-70-72-74-76-78-80-82-84-91(94)98-88-90(89-100-102(96,97)99-87-86-93(3,4)5)101-92(95)85-83-81-79-77-75-73-71-69-67-65-63-61-59-57-55-53-51-49-47-45-43-41-39-37-35-33-31-29-27-25-23-21-19-17-15-13-11-9-7-2/h9,11,15,17-18,20-21,23-24,26-27,29,33,35,39,41,90H,6-8,10,12-14,16,19,22,25,28,30-32,34,36-38,40,42-89H2,1-5H3/b11-9-,17-15-,20-18-,23-21-,26-24-,29-27-,35-33-,41-39-. The third-order valence-corrected chi connectivity index (χ3v) is 20.6. The first-order chi connectivity index (χ1) is 50.0. The fourth-order valence-electron chi connectivity index (χ4n) is 12.9. The van der Waals surface area contributed by atoms with Gasteiger partial charge in [-0.05, 0) is 96.3 Å². The molecular formula is C92H168NO8P. The molecule has 0 aliphatic heterocycles. The maximum atomic E-state index is 12.9. The maximum absolute atomic E-state index is 12.9. The van der Waals surface area contributed by atoms with E-state index in [1.807, 2.05) is 21.1 Å². The zero-order valence-electron chi connectivity index (χ0n) is 68.1. The Hall–Kier alpha value is -3.07. The smallest absolute Gasteiger partial charge is 0.306 e. The Labute approximate surface area is 634 Å². The highest BCUT2D eigenvalue weighted by Gasteiger charge is 2.22. The van der Waals surface area contributed by atoms with Gasteiger partial charge in [0.2, 0.25) is 0 Å². The van der Waals surface area contributed by atoms with Crippen molar-refractivity contribution in [3.05, 3.63) is 97.2 Å². The molecule has 0 saturated carbocycles. The first kappa shape index (κ1) is 98.9. The minimum Gasteiger partial charge on any atom is -0.756 e. The van der Waals surface area contributed by atoms with Gasteiger partial charge in [-0.1, -0.05) is 413 Å². The van der Waals surface area contributed by atoms with E-state index in [1.54, 1.807) is 0 Å². The van der Waals surface area contributed by atoms with Crippen molar-refractivity contribution in [2.45, 2.75) is 431 Å². The second-order valence-corrected chi connectivity index (χ2v) is 32.3. The van der Waals surface area contributed by atoms with E-state index < -0.39 is 26.5 Å². The summed E-state index contributed by atoms with van der Waals surface area (Å²) in [6, 6.07) is 0. The Morgan fingerprint density at radius 2 is 0.559 bits per heavy atom. The maximum Gasteiger partial charge on any atom is 0.306 e. The Kier molecular flexibility index (Phi) is 79.5. The van der Waals surface area contributed by atoms with E-state index in [9.17, 15) is 19.0 Å². The second kappa shape index (κ2) is 82.0. The highest BCUT2D eigenvalue weighted by atomic mass is 31.2. The summed E-state index contributed by atoms with van der Waals surface area (Å²) >= 11 is 0. The summed E-state index contributed by atoms with van der Waals surface area (Å²) in [5.41, 5.74) is 0. The van der Waals surface area contributed by atoms with Crippen LogP contribution in [0.15, 0.2) is 97.2 Å². The number of esters is 2.